The minimum atomic E-state index is -0.315. The van der Waals surface area contributed by atoms with E-state index < -0.39 is 0 Å². The lowest BCUT2D eigenvalue weighted by Crippen LogP contribution is -2.08. The third kappa shape index (κ3) is 4.44. The molecule has 6 heteroatoms. The van der Waals surface area contributed by atoms with Crippen molar-refractivity contribution in [3.8, 4) is 0 Å². The number of aromatic nitrogens is 2. The first-order valence-corrected chi connectivity index (χ1v) is 11.1. The molecule has 0 aliphatic rings. The summed E-state index contributed by atoms with van der Waals surface area (Å²) in [6.45, 7) is 8.52. The predicted octanol–water partition coefficient (Wildman–Crippen LogP) is 6.07. The number of nitrogens with one attached hydrogen (secondary N) is 1. The Morgan fingerprint density at radius 3 is 2.45 bits per heavy atom. The fourth-order valence-electron chi connectivity index (χ4n) is 3.83. The Bertz CT molecular complexity index is 1230. The van der Waals surface area contributed by atoms with Gasteiger partial charge in [0.2, 0.25) is 0 Å². The first kappa shape index (κ1) is 21.0. The summed E-state index contributed by atoms with van der Waals surface area (Å²) in [6.07, 6.45) is 2.22. The molecule has 0 amide bonds. The molecule has 0 fully saturated rings. The molecular formula is C25H25N3O2S. The van der Waals surface area contributed by atoms with Crippen molar-refractivity contribution >= 4 is 39.0 Å². The summed E-state index contributed by atoms with van der Waals surface area (Å²) in [4.78, 5) is 23.0. The maximum absolute atomic E-state index is 12.8. The van der Waals surface area contributed by atoms with E-state index in [2.05, 4.69) is 48.2 Å². The van der Waals surface area contributed by atoms with Gasteiger partial charge in [0.15, 0.2) is 0 Å². The molecule has 0 saturated carbocycles. The highest BCUT2D eigenvalue weighted by atomic mass is 32.1. The van der Waals surface area contributed by atoms with E-state index >= 15 is 0 Å². The SMILES string of the molecule is Cc1cc(C)c(Nc2ncnc3sc(C(=O)OCCc4ccccc4)c(C)c23)c(C)c1. The summed E-state index contributed by atoms with van der Waals surface area (Å²) in [7, 11) is 0. The Labute approximate surface area is 186 Å². The van der Waals surface area contributed by atoms with Gasteiger partial charge in [-0.05, 0) is 49.9 Å². The molecule has 2 aromatic carbocycles. The lowest BCUT2D eigenvalue weighted by atomic mass is 10.0. The Kier molecular flexibility index (Phi) is 6.00. The lowest BCUT2D eigenvalue weighted by Gasteiger charge is -2.14. The fraction of sp³-hybridized carbons (Fsp3) is 0.240. The number of fused-ring (bicyclic) bond motifs is 1. The maximum atomic E-state index is 12.8. The van der Waals surface area contributed by atoms with E-state index in [1.807, 2.05) is 37.3 Å². The third-order valence-electron chi connectivity index (χ3n) is 5.30. The summed E-state index contributed by atoms with van der Waals surface area (Å²) >= 11 is 1.35. The molecule has 0 radical (unpaired) electrons. The average molecular weight is 432 g/mol. The highest BCUT2D eigenvalue weighted by molar-refractivity contribution is 7.20. The zero-order valence-electron chi connectivity index (χ0n) is 18.2. The monoisotopic (exact) mass is 431 g/mol. The highest BCUT2D eigenvalue weighted by Crippen LogP contribution is 2.36. The summed E-state index contributed by atoms with van der Waals surface area (Å²) in [5.41, 5.74) is 6.54. The Morgan fingerprint density at radius 2 is 1.74 bits per heavy atom. The molecule has 0 aliphatic heterocycles. The summed E-state index contributed by atoms with van der Waals surface area (Å²) in [5, 5.41) is 4.33. The third-order valence-corrected chi connectivity index (χ3v) is 6.48. The van der Waals surface area contributed by atoms with E-state index in [0.29, 0.717) is 23.7 Å². The number of esters is 1. The van der Waals surface area contributed by atoms with E-state index in [1.54, 1.807) is 0 Å². The summed E-state index contributed by atoms with van der Waals surface area (Å²) in [5.74, 6) is 0.391. The largest absolute Gasteiger partial charge is 0.461 e. The number of aryl methyl sites for hydroxylation is 4. The maximum Gasteiger partial charge on any atom is 0.348 e. The number of thiophene rings is 1. The Balaban J connectivity index is 1.58. The number of anilines is 2. The van der Waals surface area contributed by atoms with Crippen molar-refractivity contribution < 1.29 is 9.53 Å². The van der Waals surface area contributed by atoms with Crippen molar-refractivity contribution in [2.75, 3.05) is 11.9 Å². The summed E-state index contributed by atoms with van der Waals surface area (Å²) < 4.78 is 5.55. The van der Waals surface area contributed by atoms with E-state index in [4.69, 9.17) is 4.74 Å². The van der Waals surface area contributed by atoms with Gasteiger partial charge in [-0.25, -0.2) is 14.8 Å². The lowest BCUT2D eigenvalue weighted by molar-refractivity contribution is 0.0514. The number of carbonyl (C=O) groups excluding carboxylic acids is 1. The molecule has 0 spiro atoms. The van der Waals surface area contributed by atoms with Crippen LogP contribution in [0.1, 0.15) is 37.5 Å². The molecule has 31 heavy (non-hydrogen) atoms. The number of nitrogens with zero attached hydrogens (tertiary/aromatic N) is 2. The molecular weight excluding hydrogens is 406 g/mol. The zero-order chi connectivity index (χ0) is 22.0. The second-order valence-corrected chi connectivity index (χ2v) is 8.73. The van der Waals surface area contributed by atoms with E-state index in [9.17, 15) is 4.79 Å². The molecule has 2 aromatic heterocycles. The second kappa shape index (κ2) is 8.86. The zero-order valence-corrected chi connectivity index (χ0v) is 19.0. The topological polar surface area (TPSA) is 64.1 Å². The van der Waals surface area contributed by atoms with Gasteiger partial charge in [0.05, 0.1) is 12.0 Å². The van der Waals surface area contributed by atoms with Crippen LogP contribution < -0.4 is 5.32 Å². The van der Waals surface area contributed by atoms with E-state index in [1.165, 1.54) is 23.2 Å². The minimum Gasteiger partial charge on any atom is -0.461 e. The van der Waals surface area contributed by atoms with Crippen molar-refractivity contribution in [1.82, 2.24) is 9.97 Å². The number of benzene rings is 2. The molecule has 158 valence electrons. The number of rotatable bonds is 6. The van der Waals surface area contributed by atoms with Gasteiger partial charge >= 0.3 is 5.97 Å². The Morgan fingerprint density at radius 1 is 1.03 bits per heavy atom. The van der Waals surface area contributed by atoms with Gasteiger partial charge in [-0.1, -0.05) is 48.0 Å². The summed E-state index contributed by atoms with van der Waals surface area (Å²) in [6, 6.07) is 14.3. The van der Waals surface area contributed by atoms with E-state index in [-0.39, 0.29) is 5.97 Å². The van der Waals surface area contributed by atoms with Crippen LogP contribution in [0.15, 0.2) is 48.8 Å². The van der Waals surface area contributed by atoms with Gasteiger partial charge in [0, 0.05) is 12.1 Å². The molecule has 4 aromatic rings. The van der Waals surface area contributed by atoms with Crippen LogP contribution in [0.5, 0.6) is 0 Å². The van der Waals surface area contributed by atoms with Crippen LogP contribution in [0.25, 0.3) is 10.2 Å². The molecule has 0 saturated heterocycles. The minimum absolute atomic E-state index is 0.315. The van der Waals surface area contributed by atoms with Crippen molar-refractivity contribution in [2.45, 2.75) is 34.1 Å². The fourth-order valence-corrected chi connectivity index (χ4v) is 4.87. The van der Waals surface area contributed by atoms with Crippen molar-refractivity contribution in [2.24, 2.45) is 0 Å². The normalized spacial score (nSPS) is 11.0. The van der Waals surface area contributed by atoms with Crippen LogP contribution in [-0.4, -0.2) is 22.5 Å². The van der Waals surface area contributed by atoms with Crippen molar-refractivity contribution in [3.05, 3.63) is 81.5 Å². The first-order chi connectivity index (χ1) is 14.9. The van der Waals surface area contributed by atoms with Crippen LogP contribution in [-0.2, 0) is 11.2 Å². The van der Waals surface area contributed by atoms with Crippen LogP contribution in [0.2, 0.25) is 0 Å². The number of hydrogen-bond donors (Lipinski definition) is 1. The molecule has 2 heterocycles. The van der Waals surface area contributed by atoms with E-state index in [0.717, 1.165) is 38.2 Å². The van der Waals surface area contributed by atoms with Gasteiger partial charge in [-0.2, -0.15) is 0 Å². The predicted molar refractivity (Wildman–Crippen MR) is 127 cm³/mol. The van der Waals surface area contributed by atoms with Crippen LogP contribution >= 0.6 is 11.3 Å². The second-order valence-electron chi connectivity index (χ2n) is 7.73. The van der Waals surface area contributed by atoms with Gasteiger partial charge in [-0.15, -0.1) is 11.3 Å². The number of hydrogen-bond acceptors (Lipinski definition) is 6. The smallest absolute Gasteiger partial charge is 0.348 e. The van der Waals surface area contributed by atoms with Crippen LogP contribution in [0, 0.1) is 27.7 Å². The van der Waals surface area contributed by atoms with Crippen LogP contribution in [0.4, 0.5) is 11.5 Å². The number of carbonyl (C=O) groups is 1. The van der Waals surface area contributed by atoms with Gasteiger partial charge < -0.3 is 10.1 Å². The first-order valence-electron chi connectivity index (χ1n) is 10.2. The highest BCUT2D eigenvalue weighted by Gasteiger charge is 2.21. The van der Waals surface area contributed by atoms with Crippen molar-refractivity contribution in [3.63, 3.8) is 0 Å². The number of ether oxygens (including phenoxy) is 1. The van der Waals surface area contributed by atoms with Gasteiger partial charge in [-0.3, -0.25) is 0 Å². The van der Waals surface area contributed by atoms with Gasteiger partial charge in [0.1, 0.15) is 21.9 Å². The average Bonchev–Trinajstić information content (AvgIpc) is 3.09. The van der Waals surface area contributed by atoms with Crippen molar-refractivity contribution in [1.29, 1.82) is 0 Å². The molecule has 4 rings (SSSR count). The molecule has 0 atom stereocenters. The molecule has 1 N–H and O–H groups in total. The van der Waals surface area contributed by atoms with Crippen LogP contribution in [0.3, 0.4) is 0 Å². The standard InChI is InChI=1S/C25H25N3O2S/c1-15-12-16(2)21(17(3)13-15)28-23-20-18(4)22(31-24(20)27-14-26-23)25(29)30-11-10-19-8-6-5-7-9-19/h5-9,12-14H,10-11H2,1-4H3,(H,26,27,28). The molecule has 0 unspecified atom stereocenters. The van der Waals surface area contributed by atoms with Gasteiger partial charge in [0.25, 0.3) is 0 Å². The molecule has 0 aliphatic carbocycles. The molecule has 5 nitrogen and oxygen atoms in total. The Hall–Kier alpha value is -3.25. The molecule has 0 bridgehead atoms. The quantitative estimate of drug-likeness (QED) is 0.376.